The predicted molar refractivity (Wildman–Crippen MR) is 76.0 cm³/mol. The summed E-state index contributed by atoms with van der Waals surface area (Å²) in [5.74, 6) is -5.37. The summed E-state index contributed by atoms with van der Waals surface area (Å²) in [4.78, 5) is 62.6. The number of esters is 3. The lowest BCUT2D eigenvalue weighted by Gasteiger charge is -2.27. The van der Waals surface area contributed by atoms with Gasteiger partial charge >= 0.3 is 30.3 Å². The van der Waals surface area contributed by atoms with Crippen LogP contribution in [0, 0.1) is 0 Å². The average Bonchev–Trinajstić information content (AvgIpc) is 2.48. The van der Waals surface area contributed by atoms with E-state index in [9.17, 15) is 24.0 Å². The van der Waals surface area contributed by atoms with Crippen LogP contribution in [0.4, 0.5) is 0 Å². The molecule has 0 radical (unpaired) electrons. The van der Waals surface area contributed by atoms with Crippen LogP contribution >= 0.6 is 0 Å². The first-order valence-electron chi connectivity index (χ1n) is 6.58. The van der Waals surface area contributed by atoms with Crippen molar-refractivity contribution in [3.05, 3.63) is 11.1 Å². The fourth-order valence-electron chi connectivity index (χ4n) is 1.67. The molecule has 0 N–H and O–H groups in total. The van der Waals surface area contributed by atoms with E-state index in [1.165, 1.54) is 0 Å². The molecule has 0 saturated carbocycles. The molecule has 12 nitrogen and oxygen atoms in total. The van der Waals surface area contributed by atoms with Gasteiger partial charge in [-0.05, 0) is 0 Å². The highest BCUT2D eigenvalue weighted by Gasteiger charge is 2.46. The Labute approximate surface area is 140 Å². The number of ether oxygens (including phenoxy) is 3. The molecule has 0 aliphatic carbocycles. The maximum Gasteiger partial charge on any atom is 0.327 e. The van der Waals surface area contributed by atoms with Crippen molar-refractivity contribution in [2.45, 2.75) is 39.1 Å². The standard InChI is InChI=1S/C13H14N4O8/c1-6(18)23-11(9(21)4-16-14)13(25-8(3)20)12(24-7(2)19)10(22)5-17-15/h4-5,11-13H,1-3H3. The number of carbonyl (C=O) groups is 5. The molecule has 2 unspecified atom stereocenters. The van der Waals surface area contributed by atoms with E-state index in [0.717, 1.165) is 20.8 Å². The summed E-state index contributed by atoms with van der Waals surface area (Å²) in [7, 11) is 0. The van der Waals surface area contributed by atoms with Gasteiger partial charge < -0.3 is 25.3 Å². The van der Waals surface area contributed by atoms with Crippen LogP contribution in [0.2, 0.25) is 0 Å². The van der Waals surface area contributed by atoms with Crippen LogP contribution in [0.3, 0.4) is 0 Å². The molecule has 25 heavy (non-hydrogen) atoms. The Bertz CT molecular complexity index is 626. The first kappa shape index (κ1) is 21.5. The SMILES string of the molecule is CC(=O)OC(C(=O)C=[N+]=[N-])C(OC(C)=O)C(OC(C)=O)C(=O)C=[N+]=[N-]. The van der Waals surface area contributed by atoms with E-state index in [1.54, 1.807) is 0 Å². The summed E-state index contributed by atoms with van der Waals surface area (Å²) < 4.78 is 14.2. The number of ketones is 2. The summed E-state index contributed by atoms with van der Waals surface area (Å²) >= 11 is 0. The number of nitrogens with zero attached hydrogens (tertiary/aromatic N) is 4. The Hall–Kier alpha value is -3.49. The molecule has 0 spiro atoms. The van der Waals surface area contributed by atoms with Crippen molar-refractivity contribution >= 4 is 41.9 Å². The van der Waals surface area contributed by atoms with Gasteiger partial charge in [-0.3, -0.25) is 24.0 Å². The van der Waals surface area contributed by atoms with Crippen molar-refractivity contribution in [3.63, 3.8) is 0 Å². The van der Waals surface area contributed by atoms with Crippen LogP contribution in [0.25, 0.3) is 11.1 Å². The molecule has 0 amide bonds. The first-order valence-corrected chi connectivity index (χ1v) is 6.58. The van der Waals surface area contributed by atoms with Gasteiger partial charge in [0, 0.05) is 20.8 Å². The highest BCUT2D eigenvalue weighted by Crippen LogP contribution is 2.15. The fourth-order valence-corrected chi connectivity index (χ4v) is 1.67. The highest BCUT2D eigenvalue weighted by atomic mass is 16.6. The zero-order chi connectivity index (χ0) is 19.6. The van der Waals surface area contributed by atoms with Crippen LogP contribution in [0.15, 0.2) is 0 Å². The number of hydrogen-bond donors (Lipinski definition) is 0. The molecule has 0 aromatic heterocycles. The zero-order valence-electron chi connectivity index (χ0n) is 13.4. The number of rotatable bonds is 9. The second-order valence-corrected chi connectivity index (χ2v) is 4.43. The normalized spacial score (nSPS) is 12.9. The molecule has 2 atom stereocenters. The summed E-state index contributed by atoms with van der Waals surface area (Å²) in [5, 5.41) is 0. The fraction of sp³-hybridized carbons (Fsp3) is 0.462. The second-order valence-electron chi connectivity index (χ2n) is 4.43. The summed E-state index contributed by atoms with van der Waals surface area (Å²) in [6, 6.07) is 0. The molecule has 0 aromatic rings. The first-order chi connectivity index (χ1) is 11.6. The van der Waals surface area contributed by atoms with Crippen molar-refractivity contribution in [1.29, 1.82) is 0 Å². The molecular formula is C13H14N4O8. The van der Waals surface area contributed by atoms with Crippen LogP contribution in [0.1, 0.15) is 20.8 Å². The van der Waals surface area contributed by atoms with E-state index in [4.69, 9.17) is 25.3 Å². The third-order valence-electron chi connectivity index (χ3n) is 2.42. The van der Waals surface area contributed by atoms with E-state index in [-0.39, 0.29) is 0 Å². The monoisotopic (exact) mass is 354 g/mol. The van der Waals surface area contributed by atoms with E-state index in [0.29, 0.717) is 12.4 Å². The third-order valence-corrected chi connectivity index (χ3v) is 2.42. The number of carbonyl (C=O) groups excluding carboxylic acids is 5. The van der Waals surface area contributed by atoms with Crippen molar-refractivity contribution in [1.82, 2.24) is 0 Å². The minimum Gasteiger partial charge on any atom is -0.454 e. The van der Waals surface area contributed by atoms with Gasteiger partial charge in [0.1, 0.15) is 0 Å². The maximum absolute atomic E-state index is 12.0. The molecule has 0 aliphatic rings. The van der Waals surface area contributed by atoms with Crippen LogP contribution in [-0.4, -0.2) is 69.8 Å². The Balaban J connectivity index is 6.17. The zero-order valence-corrected chi connectivity index (χ0v) is 13.4. The van der Waals surface area contributed by atoms with E-state index in [1.807, 2.05) is 0 Å². The van der Waals surface area contributed by atoms with Crippen LogP contribution in [0.5, 0.6) is 0 Å². The second kappa shape index (κ2) is 10.3. The quantitative estimate of drug-likeness (QED) is 0.158. The van der Waals surface area contributed by atoms with Crippen molar-refractivity contribution in [2.24, 2.45) is 0 Å². The van der Waals surface area contributed by atoms with Crippen LogP contribution < -0.4 is 0 Å². The molecule has 0 bridgehead atoms. The number of Topliss-reactive ketones (excluding diaryl/α,β-unsaturated/α-hetero) is 2. The van der Waals surface area contributed by atoms with Crippen molar-refractivity contribution < 1.29 is 47.8 Å². The number of hydrogen-bond acceptors (Lipinski definition) is 8. The molecular weight excluding hydrogens is 340 g/mol. The van der Waals surface area contributed by atoms with Gasteiger partial charge in [0.15, 0.2) is 6.10 Å². The molecule has 0 saturated heterocycles. The Kier molecular flexibility index (Phi) is 8.88. The average molecular weight is 354 g/mol. The van der Waals surface area contributed by atoms with Gasteiger partial charge in [0.25, 0.3) is 11.6 Å². The Morgan fingerprint density at radius 1 is 0.720 bits per heavy atom. The van der Waals surface area contributed by atoms with E-state index < -0.39 is 47.8 Å². The smallest absolute Gasteiger partial charge is 0.327 e. The lowest BCUT2D eigenvalue weighted by Crippen LogP contribution is -2.52. The summed E-state index contributed by atoms with van der Waals surface area (Å²) in [5.41, 5.74) is 16.9. The minimum atomic E-state index is -1.97. The van der Waals surface area contributed by atoms with E-state index in [2.05, 4.69) is 9.58 Å². The van der Waals surface area contributed by atoms with Gasteiger partial charge in [0.2, 0.25) is 12.2 Å². The third kappa shape index (κ3) is 7.55. The van der Waals surface area contributed by atoms with Crippen LogP contribution in [-0.2, 0) is 38.2 Å². The maximum atomic E-state index is 12.0. The van der Waals surface area contributed by atoms with Crippen molar-refractivity contribution in [3.8, 4) is 0 Å². The largest absolute Gasteiger partial charge is 0.454 e. The van der Waals surface area contributed by atoms with Crippen molar-refractivity contribution in [2.75, 3.05) is 0 Å². The summed E-state index contributed by atoms with van der Waals surface area (Å²) in [6.45, 7) is 2.75. The Morgan fingerprint density at radius 3 is 1.28 bits per heavy atom. The topological polar surface area (TPSA) is 186 Å². The Morgan fingerprint density at radius 2 is 1.04 bits per heavy atom. The van der Waals surface area contributed by atoms with Gasteiger partial charge in [-0.25, -0.2) is 0 Å². The van der Waals surface area contributed by atoms with Gasteiger partial charge in [-0.2, -0.15) is 9.58 Å². The highest BCUT2D eigenvalue weighted by molar-refractivity contribution is 6.30. The van der Waals surface area contributed by atoms with Gasteiger partial charge in [-0.15, -0.1) is 0 Å². The molecule has 0 rings (SSSR count). The molecule has 134 valence electrons. The van der Waals surface area contributed by atoms with Gasteiger partial charge in [-0.1, -0.05) is 0 Å². The molecule has 0 heterocycles. The molecule has 12 heteroatoms. The minimum absolute atomic E-state index is 0.333. The lowest BCUT2D eigenvalue weighted by molar-refractivity contribution is -0.185. The van der Waals surface area contributed by atoms with E-state index >= 15 is 0 Å². The summed E-state index contributed by atoms with van der Waals surface area (Å²) in [6.07, 6.45) is -5.21. The lowest BCUT2D eigenvalue weighted by atomic mass is 10.0. The molecule has 0 aliphatic heterocycles. The molecule has 0 aromatic carbocycles. The predicted octanol–water partition coefficient (Wildman–Crippen LogP) is -1.48. The van der Waals surface area contributed by atoms with Gasteiger partial charge in [0.05, 0.1) is 0 Å². The molecule has 0 fully saturated rings.